The molecule has 0 bridgehead atoms. The van der Waals surface area contributed by atoms with E-state index in [1.165, 1.54) is 31.2 Å². The number of sulfonamides is 1. The predicted octanol–water partition coefficient (Wildman–Crippen LogP) is 2.05. The number of amides is 1. The van der Waals surface area contributed by atoms with Gasteiger partial charge in [-0.25, -0.2) is 13.1 Å². The third-order valence-corrected chi connectivity index (χ3v) is 5.64. The normalized spacial score (nSPS) is 20.7. The van der Waals surface area contributed by atoms with E-state index in [4.69, 9.17) is 4.74 Å². The monoisotopic (exact) mass is 368 g/mol. The first-order chi connectivity index (χ1) is 11.8. The van der Waals surface area contributed by atoms with Crippen LogP contribution in [0.1, 0.15) is 39.5 Å². The van der Waals surface area contributed by atoms with Crippen molar-refractivity contribution >= 4 is 27.6 Å². The summed E-state index contributed by atoms with van der Waals surface area (Å²) in [5, 5.41) is 2.59. The fourth-order valence-corrected chi connectivity index (χ4v) is 4.26. The Kier molecular flexibility index (Phi) is 6.55. The van der Waals surface area contributed by atoms with Crippen molar-refractivity contribution in [2.45, 2.75) is 50.5 Å². The molecule has 0 radical (unpaired) electrons. The summed E-state index contributed by atoms with van der Waals surface area (Å²) < 4.78 is 32.8. The van der Waals surface area contributed by atoms with Crippen LogP contribution in [0.15, 0.2) is 29.2 Å². The zero-order chi connectivity index (χ0) is 18.4. The zero-order valence-corrected chi connectivity index (χ0v) is 15.3. The molecule has 0 aromatic heterocycles. The van der Waals surface area contributed by atoms with Crippen molar-refractivity contribution in [1.82, 2.24) is 4.72 Å². The molecule has 1 aromatic rings. The van der Waals surface area contributed by atoms with Gasteiger partial charge in [0.15, 0.2) is 0 Å². The quantitative estimate of drug-likeness (QED) is 0.748. The van der Waals surface area contributed by atoms with Crippen molar-refractivity contribution in [2.24, 2.45) is 5.92 Å². The molecule has 0 spiro atoms. The highest BCUT2D eigenvalue weighted by Gasteiger charge is 2.30. The molecule has 0 aliphatic heterocycles. The van der Waals surface area contributed by atoms with Crippen LogP contribution in [0.3, 0.4) is 0 Å². The van der Waals surface area contributed by atoms with Gasteiger partial charge in [0, 0.05) is 18.7 Å². The summed E-state index contributed by atoms with van der Waals surface area (Å²) in [6, 6.07) is 5.68. The van der Waals surface area contributed by atoms with Gasteiger partial charge in [0.25, 0.3) is 0 Å². The first kappa shape index (κ1) is 19.4. The van der Waals surface area contributed by atoms with Crippen molar-refractivity contribution in [3.63, 3.8) is 0 Å². The molecule has 8 heteroatoms. The van der Waals surface area contributed by atoms with Gasteiger partial charge in [0.1, 0.15) is 0 Å². The number of rotatable bonds is 6. The number of hydrogen-bond donors (Lipinski definition) is 2. The van der Waals surface area contributed by atoms with Gasteiger partial charge in [-0.15, -0.1) is 0 Å². The molecule has 1 fully saturated rings. The van der Waals surface area contributed by atoms with Crippen molar-refractivity contribution in [3.05, 3.63) is 24.3 Å². The Morgan fingerprint density at radius 3 is 2.48 bits per heavy atom. The molecular weight excluding hydrogens is 344 g/mol. The summed E-state index contributed by atoms with van der Waals surface area (Å²) in [7, 11) is -3.68. The lowest BCUT2D eigenvalue weighted by Gasteiger charge is -2.28. The van der Waals surface area contributed by atoms with E-state index in [2.05, 4.69) is 10.0 Å². The summed E-state index contributed by atoms with van der Waals surface area (Å²) in [6.07, 6.45) is 2.64. The SMILES string of the molecule is CCOC(=O)[C@@H]1CCC[C@@H](NS(=O)(=O)c2ccc(NC(C)=O)cc2)C1. The smallest absolute Gasteiger partial charge is 0.308 e. The highest BCUT2D eigenvalue weighted by atomic mass is 32.2. The molecule has 2 N–H and O–H groups in total. The molecule has 1 saturated carbocycles. The number of carbonyl (C=O) groups excluding carboxylic acids is 2. The molecule has 0 heterocycles. The fourth-order valence-electron chi connectivity index (χ4n) is 2.98. The van der Waals surface area contributed by atoms with E-state index >= 15 is 0 Å². The van der Waals surface area contributed by atoms with Gasteiger partial charge in [-0.3, -0.25) is 9.59 Å². The number of carbonyl (C=O) groups is 2. The van der Waals surface area contributed by atoms with E-state index in [0.29, 0.717) is 25.1 Å². The largest absolute Gasteiger partial charge is 0.466 e. The molecule has 2 atom stereocenters. The summed E-state index contributed by atoms with van der Waals surface area (Å²) in [4.78, 5) is 23.0. The lowest BCUT2D eigenvalue weighted by molar-refractivity contribution is -0.149. The standard InChI is InChI=1S/C17H24N2O5S/c1-3-24-17(21)13-5-4-6-15(11-13)19-25(22,23)16-9-7-14(8-10-16)18-12(2)20/h7-10,13,15,19H,3-6,11H2,1-2H3,(H,18,20)/t13-,15-/m1/s1. The Morgan fingerprint density at radius 1 is 1.20 bits per heavy atom. The molecule has 1 aromatic carbocycles. The topological polar surface area (TPSA) is 102 Å². The Morgan fingerprint density at radius 2 is 1.88 bits per heavy atom. The van der Waals surface area contributed by atoms with Gasteiger partial charge in [-0.2, -0.15) is 0 Å². The average Bonchev–Trinajstić information content (AvgIpc) is 2.55. The lowest BCUT2D eigenvalue weighted by Crippen LogP contribution is -2.40. The zero-order valence-electron chi connectivity index (χ0n) is 14.4. The van der Waals surface area contributed by atoms with Gasteiger partial charge < -0.3 is 10.1 Å². The third kappa shape index (κ3) is 5.54. The van der Waals surface area contributed by atoms with Crippen LogP contribution < -0.4 is 10.0 Å². The number of ether oxygens (including phenoxy) is 1. The second-order valence-electron chi connectivity index (χ2n) is 6.14. The third-order valence-electron chi connectivity index (χ3n) is 4.10. The van der Waals surface area contributed by atoms with Crippen LogP contribution in [-0.2, 0) is 24.3 Å². The van der Waals surface area contributed by atoms with Crippen molar-refractivity contribution in [3.8, 4) is 0 Å². The van der Waals surface area contributed by atoms with E-state index in [1.807, 2.05) is 0 Å². The van der Waals surface area contributed by atoms with Crippen LogP contribution >= 0.6 is 0 Å². The van der Waals surface area contributed by atoms with E-state index in [0.717, 1.165) is 12.8 Å². The predicted molar refractivity (Wildman–Crippen MR) is 93.4 cm³/mol. The van der Waals surface area contributed by atoms with Crippen molar-refractivity contribution in [1.29, 1.82) is 0 Å². The van der Waals surface area contributed by atoms with Crippen LogP contribution in [0.25, 0.3) is 0 Å². The second-order valence-corrected chi connectivity index (χ2v) is 7.85. The summed E-state index contributed by atoms with van der Waals surface area (Å²) in [5.41, 5.74) is 0.534. The Labute approximate surface area is 148 Å². The summed E-state index contributed by atoms with van der Waals surface area (Å²) in [5.74, 6) is -0.740. The maximum absolute atomic E-state index is 12.5. The van der Waals surface area contributed by atoms with Crippen LogP contribution in [0, 0.1) is 5.92 Å². The van der Waals surface area contributed by atoms with E-state index in [9.17, 15) is 18.0 Å². The van der Waals surface area contributed by atoms with Crippen LogP contribution in [0.2, 0.25) is 0 Å². The van der Waals surface area contributed by atoms with Gasteiger partial charge >= 0.3 is 5.97 Å². The van der Waals surface area contributed by atoms with Crippen LogP contribution in [0.4, 0.5) is 5.69 Å². The number of esters is 1. The summed E-state index contributed by atoms with van der Waals surface area (Å²) in [6.45, 7) is 3.47. The van der Waals surface area contributed by atoms with Gasteiger partial charge in [-0.05, 0) is 50.5 Å². The molecule has 138 valence electrons. The fraction of sp³-hybridized carbons (Fsp3) is 0.529. The van der Waals surface area contributed by atoms with E-state index < -0.39 is 10.0 Å². The van der Waals surface area contributed by atoms with E-state index in [1.54, 1.807) is 6.92 Å². The molecule has 1 aliphatic rings. The minimum absolute atomic E-state index is 0.125. The number of hydrogen-bond acceptors (Lipinski definition) is 5. The first-order valence-electron chi connectivity index (χ1n) is 8.38. The number of benzene rings is 1. The minimum Gasteiger partial charge on any atom is -0.466 e. The second kappa shape index (κ2) is 8.44. The minimum atomic E-state index is -3.68. The van der Waals surface area contributed by atoms with Gasteiger partial charge in [-0.1, -0.05) is 6.42 Å². The highest BCUT2D eigenvalue weighted by Crippen LogP contribution is 2.27. The Hall–Kier alpha value is -1.93. The Bertz CT molecular complexity index is 715. The van der Waals surface area contributed by atoms with E-state index in [-0.39, 0.29) is 28.7 Å². The maximum Gasteiger partial charge on any atom is 0.308 e. The van der Waals surface area contributed by atoms with Crippen LogP contribution in [-0.4, -0.2) is 32.9 Å². The van der Waals surface area contributed by atoms with Gasteiger partial charge in [0.05, 0.1) is 17.4 Å². The summed E-state index contributed by atoms with van der Waals surface area (Å²) >= 11 is 0. The number of nitrogens with one attached hydrogen (secondary N) is 2. The molecule has 7 nitrogen and oxygen atoms in total. The molecule has 0 unspecified atom stereocenters. The molecule has 0 saturated heterocycles. The molecule has 1 amide bonds. The number of anilines is 1. The molecular formula is C17H24N2O5S. The molecule has 2 rings (SSSR count). The first-order valence-corrected chi connectivity index (χ1v) is 9.86. The highest BCUT2D eigenvalue weighted by molar-refractivity contribution is 7.89. The Balaban J connectivity index is 2.02. The molecule has 25 heavy (non-hydrogen) atoms. The molecule has 1 aliphatic carbocycles. The lowest BCUT2D eigenvalue weighted by atomic mass is 9.86. The van der Waals surface area contributed by atoms with Crippen molar-refractivity contribution in [2.75, 3.05) is 11.9 Å². The maximum atomic E-state index is 12.5. The van der Waals surface area contributed by atoms with Crippen LogP contribution in [0.5, 0.6) is 0 Å². The van der Waals surface area contributed by atoms with Crippen molar-refractivity contribution < 1.29 is 22.7 Å². The average molecular weight is 368 g/mol. The van der Waals surface area contributed by atoms with Gasteiger partial charge in [0.2, 0.25) is 15.9 Å².